The highest BCUT2D eigenvalue weighted by Gasteiger charge is 2.32. The molecule has 0 radical (unpaired) electrons. The Morgan fingerprint density at radius 2 is 1.81 bits per heavy atom. The summed E-state index contributed by atoms with van der Waals surface area (Å²) in [6.07, 6.45) is 2.45. The maximum atomic E-state index is 13.0. The predicted octanol–water partition coefficient (Wildman–Crippen LogP) is 4.88. The quantitative estimate of drug-likeness (QED) is 0.351. The predicted molar refractivity (Wildman–Crippen MR) is 144 cm³/mol. The van der Waals surface area contributed by atoms with Crippen LogP contribution in [0.1, 0.15) is 60.4 Å². The molecular weight excluding hydrogens is 588 g/mol. The van der Waals surface area contributed by atoms with Crippen LogP contribution in [0, 0.1) is 0 Å². The lowest BCUT2D eigenvalue weighted by atomic mass is 9.94. The van der Waals surface area contributed by atoms with Crippen LogP contribution in [0.2, 0.25) is 5.02 Å². The number of hydrogen-bond donors (Lipinski definition) is 0. The zero-order valence-corrected chi connectivity index (χ0v) is 24.3. The van der Waals surface area contributed by atoms with Crippen LogP contribution < -0.4 is 0 Å². The average Bonchev–Trinajstić information content (AvgIpc) is 3.18. The molecule has 12 heteroatoms. The molecule has 1 aromatic heterocycles. The van der Waals surface area contributed by atoms with Crippen LogP contribution in [-0.4, -0.2) is 49.3 Å². The summed E-state index contributed by atoms with van der Waals surface area (Å²) in [6, 6.07) is 7.99. The third-order valence-electron chi connectivity index (χ3n) is 6.12. The van der Waals surface area contributed by atoms with Crippen LogP contribution in [-0.2, 0) is 32.6 Å². The first-order valence-corrected chi connectivity index (χ1v) is 16.3. The van der Waals surface area contributed by atoms with Crippen LogP contribution in [0.4, 0.5) is 0 Å². The summed E-state index contributed by atoms with van der Waals surface area (Å²) < 4.78 is 53.2. The Bertz CT molecular complexity index is 1600. The molecule has 0 bridgehead atoms. The number of nitrogens with zero attached hydrogens (tertiary/aromatic N) is 4. The Kier molecular flexibility index (Phi) is 7.49. The van der Waals surface area contributed by atoms with Crippen molar-refractivity contribution in [3.8, 4) is 5.69 Å². The van der Waals surface area contributed by atoms with Crippen LogP contribution in [0.15, 0.2) is 45.1 Å². The second-order valence-corrected chi connectivity index (χ2v) is 14.3. The topological polar surface area (TPSA) is 111 Å². The van der Waals surface area contributed by atoms with Gasteiger partial charge < -0.3 is 0 Å². The van der Waals surface area contributed by atoms with E-state index in [1.165, 1.54) is 6.07 Å². The Morgan fingerprint density at radius 3 is 2.42 bits per heavy atom. The molecule has 1 unspecified atom stereocenters. The van der Waals surface area contributed by atoms with Crippen molar-refractivity contribution in [1.29, 1.82) is 0 Å². The monoisotopic (exact) mass is 612 g/mol. The summed E-state index contributed by atoms with van der Waals surface area (Å²) in [4.78, 5) is 4.86. The van der Waals surface area contributed by atoms with Gasteiger partial charge in [0.25, 0.3) is 0 Å². The van der Waals surface area contributed by atoms with Crippen LogP contribution in [0.25, 0.3) is 5.69 Å². The van der Waals surface area contributed by atoms with Crippen LogP contribution in [0.3, 0.4) is 0 Å². The van der Waals surface area contributed by atoms with Gasteiger partial charge in [-0.15, -0.1) is 10.2 Å². The number of halogens is 2. The van der Waals surface area contributed by atoms with Gasteiger partial charge in [-0.1, -0.05) is 54.4 Å². The van der Waals surface area contributed by atoms with Crippen molar-refractivity contribution in [2.24, 2.45) is 4.99 Å². The largest absolute Gasteiger partial charge is 0.278 e. The number of aryl methyl sites for hydroxylation is 1. The minimum atomic E-state index is -3.67. The minimum absolute atomic E-state index is 0.0810. The molecule has 8 nitrogen and oxygen atoms in total. The summed E-state index contributed by atoms with van der Waals surface area (Å²) in [5, 5.41) is 8.94. The van der Waals surface area contributed by atoms with Gasteiger partial charge >= 0.3 is 0 Å². The summed E-state index contributed by atoms with van der Waals surface area (Å²) in [7, 11) is -7.22. The number of alkyl halides is 1. The van der Waals surface area contributed by atoms with Crippen molar-refractivity contribution in [1.82, 2.24) is 14.8 Å². The van der Waals surface area contributed by atoms with E-state index in [0.717, 1.165) is 11.8 Å². The first kappa shape index (κ1) is 27.0. The van der Waals surface area contributed by atoms with E-state index < -0.39 is 19.7 Å². The molecule has 2 heterocycles. The van der Waals surface area contributed by atoms with E-state index in [0.29, 0.717) is 47.0 Å². The van der Waals surface area contributed by atoms with Gasteiger partial charge in [-0.25, -0.2) is 16.8 Å². The fourth-order valence-electron chi connectivity index (χ4n) is 4.27. The van der Waals surface area contributed by atoms with Crippen molar-refractivity contribution in [2.45, 2.75) is 54.8 Å². The number of rotatable bonds is 7. The fraction of sp³-hybridized carbons (Fsp3) is 0.375. The number of sulfone groups is 2. The van der Waals surface area contributed by atoms with Crippen molar-refractivity contribution in [2.75, 3.05) is 12.0 Å². The molecule has 192 valence electrons. The first-order chi connectivity index (χ1) is 16.9. The summed E-state index contributed by atoms with van der Waals surface area (Å²) in [5.41, 5.74) is 2.81. The SMILES string of the molecule is CCc1ccc(S(C)(=O)=O)c2c1C(c1cc(Cl)cc(S(=O)(=O)CC)c1)=NCc1nnc(C(Br)CC)n1-2. The molecular formula is C24H26BrClN4O4S2. The van der Waals surface area contributed by atoms with E-state index in [9.17, 15) is 16.8 Å². The lowest BCUT2D eigenvalue weighted by molar-refractivity contribution is 0.596. The highest BCUT2D eigenvalue weighted by atomic mass is 79.9. The van der Waals surface area contributed by atoms with E-state index in [4.69, 9.17) is 16.6 Å². The molecule has 0 fully saturated rings. The number of hydrogen-bond acceptors (Lipinski definition) is 7. The standard InChI is InChI=1S/C24H26BrClN4O4S2/c1-5-14-8-9-19(35(4,31)32)23-21(14)22(15-10-16(26)12-17(11-15)36(33,34)7-3)27-13-20-28-29-24(30(20)23)18(25)6-2/h8-12,18H,5-7,13H2,1-4H3. The van der Waals surface area contributed by atoms with E-state index in [1.807, 2.05) is 13.8 Å². The zero-order chi connectivity index (χ0) is 26.4. The molecule has 4 rings (SSSR count). The molecule has 0 saturated carbocycles. The maximum Gasteiger partial charge on any atom is 0.178 e. The Morgan fingerprint density at radius 1 is 1.08 bits per heavy atom. The molecule has 36 heavy (non-hydrogen) atoms. The van der Waals surface area contributed by atoms with Gasteiger partial charge in [0, 0.05) is 22.4 Å². The lowest BCUT2D eigenvalue weighted by Crippen LogP contribution is -2.17. The summed E-state index contributed by atoms with van der Waals surface area (Å²) in [6.45, 7) is 5.65. The van der Waals surface area contributed by atoms with Crippen molar-refractivity contribution in [3.63, 3.8) is 0 Å². The Balaban J connectivity index is 2.15. The molecule has 3 aromatic rings. The van der Waals surface area contributed by atoms with Crippen molar-refractivity contribution >= 4 is 52.9 Å². The third kappa shape index (κ3) is 4.78. The number of aliphatic imine (C=N–C) groups is 1. The number of fused-ring (bicyclic) bond motifs is 3. The van der Waals surface area contributed by atoms with Gasteiger partial charge in [-0.3, -0.25) is 9.56 Å². The zero-order valence-electron chi connectivity index (χ0n) is 20.3. The fourth-order valence-corrected chi connectivity index (χ4v) is 6.67. The average molecular weight is 614 g/mol. The van der Waals surface area contributed by atoms with E-state index in [1.54, 1.807) is 35.8 Å². The Labute approximate surface area is 224 Å². The normalized spacial score (nSPS) is 14.6. The maximum absolute atomic E-state index is 13.0. The Hall–Kier alpha value is -2.08. The highest BCUT2D eigenvalue weighted by molar-refractivity contribution is 9.09. The van der Waals surface area contributed by atoms with Gasteiger partial charge in [0.05, 0.1) is 31.8 Å². The van der Waals surface area contributed by atoms with Gasteiger partial charge in [-0.2, -0.15) is 0 Å². The third-order valence-corrected chi connectivity index (χ3v) is 10.2. The minimum Gasteiger partial charge on any atom is -0.278 e. The van der Waals surface area contributed by atoms with Crippen LogP contribution in [0.5, 0.6) is 0 Å². The molecule has 0 saturated heterocycles. The number of aromatic nitrogens is 3. The van der Waals surface area contributed by atoms with Crippen LogP contribution >= 0.6 is 27.5 Å². The summed E-state index contributed by atoms with van der Waals surface area (Å²) in [5.74, 6) is 0.979. The molecule has 1 aliphatic rings. The molecule has 1 atom stereocenters. The van der Waals surface area contributed by atoms with Gasteiger partial charge in [0.15, 0.2) is 31.3 Å². The first-order valence-electron chi connectivity index (χ1n) is 11.5. The highest BCUT2D eigenvalue weighted by Crippen LogP contribution is 2.37. The van der Waals surface area contributed by atoms with Crippen molar-refractivity contribution in [3.05, 3.63) is 63.7 Å². The lowest BCUT2D eigenvalue weighted by Gasteiger charge is -2.21. The van der Waals surface area contributed by atoms with E-state index in [-0.39, 0.29) is 31.9 Å². The van der Waals surface area contributed by atoms with Gasteiger partial charge in [-0.05, 0) is 42.7 Å². The van der Waals surface area contributed by atoms with Gasteiger partial charge in [0.1, 0.15) is 6.54 Å². The van der Waals surface area contributed by atoms with Gasteiger partial charge in [0.2, 0.25) is 0 Å². The molecule has 0 spiro atoms. The number of benzene rings is 2. The van der Waals surface area contributed by atoms with Crippen molar-refractivity contribution < 1.29 is 16.8 Å². The molecule has 1 aliphatic heterocycles. The second kappa shape index (κ2) is 10.00. The van der Waals surface area contributed by atoms with E-state index in [2.05, 4.69) is 26.1 Å². The molecule has 0 aliphatic carbocycles. The second-order valence-electron chi connectivity index (χ2n) is 8.50. The molecule has 0 amide bonds. The van der Waals surface area contributed by atoms with E-state index >= 15 is 0 Å². The smallest absolute Gasteiger partial charge is 0.178 e. The molecule has 0 N–H and O–H groups in total. The molecule has 2 aromatic carbocycles. The summed E-state index contributed by atoms with van der Waals surface area (Å²) >= 11 is 10.0.